The van der Waals surface area contributed by atoms with E-state index in [1.54, 1.807) is 0 Å². The topological polar surface area (TPSA) is 25.2 Å². The predicted octanol–water partition coefficient (Wildman–Crippen LogP) is 2.01. The fourth-order valence-corrected chi connectivity index (χ4v) is 1.51. The molecule has 0 saturated carbocycles. The third-order valence-electron chi connectivity index (χ3n) is 2.18. The summed E-state index contributed by atoms with van der Waals surface area (Å²) in [6.45, 7) is 4.16. The molecule has 1 aliphatic heterocycles. The van der Waals surface area contributed by atoms with E-state index < -0.39 is 0 Å². The molecule has 1 aromatic heterocycles. The lowest BCUT2D eigenvalue weighted by atomic mass is 9.97. The Balaban J connectivity index is 2.07. The molecule has 2 atom stereocenters. The second-order valence-corrected chi connectivity index (χ2v) is 3.30. The van der Waals surface area contributed by atoms with Crippen molar-refractivity contribution in [2.75, 3.05) is 0 Å². The van der Waals surface area contributed by atoms with E-state index in [1.165, 1.54) is 6.42 Å². The Morgan fingerprint density at radius 3 is 2.73 bits per heavy atom. The summed E-state index contributed by atoms with van der Waals surface area (Å²) in [5.74, 6) is 2.09. The van der Waals surface area contributed by atoms with Gasteiger partial charge in [0.2, 0.25) is 0 Å². The van der Waals surface area contributed by atoms with Gasteiger partial charge in [-0.3, -0.25) is 0 Å². The largest absolute Gasteiger partial charge is 0.465 e. The molecule has 0 amide bonds. The second kappa shape index (κ2) is 2.38. The Morgan fingerprint density at radius 1 is 1.55 bits per heavy atom. The van der Waals surface area contributed by atoms with E-state index in [0.717, 1.165) is 11.5 Å². The number of aryl methyl sites for hydroxylation is 1. The molecule has 1 fully saturated rings. The lowest BCUT2D eigenvalue weighted by molar-refractivity contribution is 0.247. The Hall–Kier alpha value is -0.760. The summed E-state index contributed by atoms with van der Waals surface area (Å²) in [6, 6.07) is 5.20. The van der Waals surface area contributed by atoms with Gasteiger partial charge in [0.25, 0.3) is 0 Å². The molecule has 11 heavy (non-hydrogen) atoms. The molecular weight excluding hydrogens is 138 g/mol. The van der Waals surface area contributed by atoms with Crippen LogP contribution in [0.2, 0.25) is 0 Å². The van der Waals surface area contributed by atoms with Crippen molar-refractivity contribution in [1.29, 1.82) is 0 Å². The van der Waals surface area contributed by atoms with Crippen molar-refractivity contribution in [2.24, 2.45) is 0 Å². The Bertz CT molecular complexity index is 248. The zero-order chi connectivity index (χ0) is 7.84. The molecule has 60 valence electrons. The van der Waals surface area contributed by atoms with Gasteiger partial charge in [0.05, 0.1) is 6.04 Å². The quantitative estimate of drug-likeness (QED) is 0.664. The van der Waals surface area contributed by atoms with Crippen molar-refractivity contribution in [2.45, 2.75) is 32.4 Å². The molecular formula is C9H13NO. The fraction of sp³-hybridized carbons (Fsp3) is 0.556. The molecule has 2 unspecified atom stereocenters. The first-order valence-corrected chi connectivity index (χ1v) is 4.08. The molecule has 0 radical (unpaired) electrons. The average molecular weight is 151 g/mol. The van der Waals surface area contributed by atoms with Gasteiger partial charge in [0.1, 0.15) is 11.5 Å². The number of nitrogens with one attached hydrogen (secondary N) is 1. The van der Waals surface area contributed by atoms with Crippen LogP contribution in [0.4, 0.5) is 0 Å². The minimum absolute atomic E-state index is 0.471. The first-order valence-electron chi connectivity index (χ1n) is 4.08. The third-order valence-corrected chi connectivity index (χ3v) is 2.18. The highest BCUT2D eigenvalue weighted by Gasteiger charge is 2.27. The van der Waals surface area contributed by atoms with Crippen molar-refractivity contribution in [3.05, 3.63) is 23.7 Å². The lowest BCUT2D eigenvalue weighted by Gasteiger charge is -2.33. The molecule has 1 aliphatic rings. The minimum atomic E-state index is 0.471. The maximum Gasteiger partial charge on any atom is 0.121 e. The van der Waals surface area contributed by atoms with Crippen LogP contribution in [0.1, 0.15) is 30.9 Å². The van der Waals surface area contributed by atoms with Gasteiger partial charge in [0, 0.05) is 6.04 Å². The van der Waals surface area contributed by atoms with E-state index in [2.05, 4.69) is 18.3 Å². The molecule has 1 aromatic rings. The van der Waals surface area contributed by atoms with E-state index in [0.29, 0.717) is 12.1 Å². The highest BCUT2D eigenvalue weighted by molar-refractivity contribution is 5.12. The monoisotopic (exact) mass is 151 g/mol. The van der Waals surface area contributed by atoms with Gasteiger partial charge in [0.15, 0.2) is 0 Å². The molecule has 2 nitrogen and oxygen atoms in total. The number of hydrogen-bond acceptors (Lipinski definition) is 2. The van der Waals surface area contributed by atoms with Crippen LogP contribution in [0.5, 0.6) is 0 Å². The summed E-state index contributed by atoms with van der Waals surface area (Å²) in [4.78, 5) is 0. The van der Waals surface area contributed by atoms with Crippen LogP contribution in [0.3, 0.4) is 0 Å². The molecule has 1 N–H and O–H groups in total. The Morgan fingerprint density at radius 2 is 2.27 bits per heavy atom. The van der Waals surface area contributed by atoms with Crippen LogP contribution >= 0.6 is 0 Å². The number of hydrogen-bond donors (Lipinski definition) is 1. The fourth-order valence-electron chi connectivity index (χ4n) is 1.51. The molecule has 0 spiro atoms. The van der Waals surface area contributed by atoms with Crippen LogP contribution in [0.15, 0.2) is 16.5 Å². The van der Waals surface area contributed by atoms with Gasteiger partial charge in [-0.1, -0.05) is 0 Å². The summed E-state index contributed by atoms with van der Waals surface area (Å²) in [5, 5.41) is 3.38. The van der Waals surface area contributed by atoms with Crippen LogP contribution < -0.4 is 5.32 Å². The van der Waals surface area contributed by atoms with E-state index in [4.69, 9.17) is 4.42 Å². The minimum Gasteiger partial charge on any atom is -0.465 e. The standard InChI is InChI=1S/C9H13NO/c1-6-5-8(10-6)9-4-3-7(2)11-9/h3-4,6,8,10H,5H2,1-2H3. The molecule has 1 saturated heterocycles. The molecule has 2 heteroatoms. The van der Waals surface area contributed by atoms with Crippen LogP contribution in [-0.4, -0.2) is 6.04 Å². The van der Waals surface area contributed by atoms with Gasteiger partial charge in [-0.05, 0) is 32.4 Å². The highest BCUT2D eigenvalue weighted by atomic mass is 16.3. The van der Waals surface area contributed by atoms with Gasteiger partial charge in [-0.2, -0.15) is 0 Å². The zero-order valence-corrected chi connectivity index (χ0v) is 6.92. The van der Waals surface area contributed by atoms with E-state index in [9.17, 15) is 0 Å². The van der Waals surface area contributed by atoms with Crippen LogP contribution in [0.25, 0.3) is 0 Å². The Labute approximate surface area is 66.6 Å². The Kier molecular flexibility index (Phi) is 1.50. The SMILES string of the molecule is Cc1ccc(C2CC(C)N2)o1. The molecule has 0 aliphatic carbocycles. The van der Waals surface area contributed by atoms with Crippen LogP contribution in [0, 0.1) is 6.92 Å². The molecule has 0 aromatic carbocycles. The van der Waals surface area contributed by atoms with Crippen molar-refractivity contribution in [3.63, 3.8) is 0 Å². The number of furan rings is 1. The summed E-state index contributed by atoms with van der Waals surface area (Å²) in [5.41, 5.74) is 0. The summed E-state index contributed by atoms with van der Waals surface area (Å²) in [6.07, 6.45) is 1.20. The normalized spacial score (nSPS) is 30.0. The smallest absolute Gasteiger partial charge is 0.121 e. The zero-order valence-electron chi connectivity index (χ0n) is 6.92. The van der Waals surface area contributed by atoms with Crippen molar-refractivity contribution >= 4 is 0 Å². The van der Waals surface area contributed by atoms with Crippen molar-refractivity contribution in [1.82, 2.24) is 5.32 Å². The van der Waals surface area contributed by atoms with Crippen molar-refractivity contribution in [3.8, 4) is 0 Å². The number of rotatable bonds is 1. The average Bonchev–Trinajstić information content (AvgIpc) is 2.29. The van der Waals surface area contributed by atoms with Gasteiger partial charge in [-0.15, -0.1) is 0 Å². The second-order valence-electron chi connectivity index (χ2n) is 3.30. The van der Waals surface area contributed by atoms with Gasteiger partial charge >= 0.3 is 0 Å². The van der Waals surface area contributed by atoms with E-state index in [-0.39, 0.29) is 0 Å². The first-order chi connectivity index (χ1) is 5.25. The molecule has 2 heterocycles. The maximum absolute atomic E-state index is 5.47. The first kappa shape index (κ1) is 6.92. The molecule has 2 rings (SSSR count). The molecule has 0 bridgehead atoms. The highest BCUT2D eigenvalue weighted by Crippen LogP contribution is 2.28. The van der Waals surface area contributed by atoms with Crippen molar-refractivity contribution < 1.29 is 4.42 Å². The summed E-state index contributed by atoms with van der Waals surface area (Å²) in [7, 11) is 0. The predicted molar refractivity (Wildman–Crippen MR) is 43.4 cm³/mol. The summed E-state index contributed by atoms with van der Waals surface area (Å²) >= 11 is 0. The van der Waals surface area contributed by atoms with E-state index in [1.807, 2.05) is 13.0 Å². The maximum atomic E-state index is 5.47. The lowest BCUT2D eigenvalue weighted by Crippen LogP contribution is -2.43. The van der Waals surface area contributed by atoms with Gasteiger partial charge < -0.3 is 9.73 Å². The van der Waals surface area contributed by atoms with Crippen LogP contribution in [-0.2, 0) is 0 Å². The third kappa shape index (κ3) is 1.18. The summed E-state index contributed by atoms with van der Waals surface area (Å²) < 4.78 is 5.47. The van der Waals surface area contributed by atoms with Gasteiger partial charge in [-0.25, -0.2) is 0 Å². The van der Waals surface area contributed by atoms with E-state index >= 15 is 0 Å².